The minimum atomic E-state index is -4.86. The van der Waals surface area contributed by atoms with Crippen molar-refractivity contribution in [2.24, 2.45) is 0 Å². The Labute approximate surface area is 101 Å². The highest BCUT2D eigenvalue weighted by Crippen LogP contribution is 2.36. The van der Waals surface area contributed by atoms with E-state index in [9.17, 15) is 23.3 Å². The van der Waals surface area contributed by atoms with Crippen molar-refractivity contribution in [2.75, 3.05) is 5.73 Å². The topological polar surface area (TPSA) is 91.3 Å². The molecule has 6 nitrogen and oxygen atoms in total. The molecule has 2 N–H and O–H groups in total. The van der Waals surface area contributed by atoms with Crippen molar-refractivity contribution in [1.82, 2.24) is 4.98 Å². The van der Waals surface area contributed by atoms with Gasteiger partial charge in [-0.3, -0.25) is 10.1 Å². The molecule has 18 heavy (non-hydrogen) atoms. The summed E-state index contributed by atoms with van der Waals surface area (Å²) >= 11 is 0.551. The van der Waals surface area contributed by atoms with Crippen LogP contribution in [0.3, 0.4) is 0 Å². The van der Waals surface area contributed by atoms with Gasteiger partial charge in [-0.2, -0.15) is 0 Å². The predicted octanol–water partition coefficient (Wildman–Crippen LogP) is 2.69. The Kier molecular flexibility index (Phi) is 2.73. The van der Waals surface area contributed by atoms with Crippen LogP contribution in [-0.2, 0) is 0 Å². The van der Waals surface area contributed by atoms with Gasteiger partial charge < -0.3 is 10.5 Å². The third-order valence-corrected chi connectivity index (χ3v) is 2.81. The van der Waals surface area contributed by atoms with Crippen molar-refractivity contribution >= 4 is 32.9 Å². The summed E-state index contributed by atoms with van der Waals surface area (Å²) in [6, 6.07) is 2.19. The molecule has 1 aromatic heterocycles. The first-order valence-electron chi connectivity index (χ1n) is 4.36. The molecule has 0 aliphatic carbocycles. The van der Waals surface area contributed by atoms with Crippen molar-refractivity contribution in [2.45, 2.75) is 6.36 Å². The summed E-state index contributed by atoms with van der Waals surface area (Å²) in [6.07, 6.45) is -4.86. The minimum absolute atomic E-state index is 0.113. The van der Waals surface area contributed by atoms with Crippen LogP contribution in [0.2, 0.25) is 0 Å². The third kappa shape index (κ3) is 2.42. The van der Waals surface area contributed by atoms with Gasteiger partial charge in [-0.05, 0) is 6.07 Å². The molecule has 0 saturated carbocycles. The molecular weight excluding hydrogens is 275 g/mol. The highest BCUT2D eigenvalue weighted by atomic mass is 32.1. The summed E-state index contributed by atoms with van der Waals surface area (Å²) in [7, 11) is 0. The maximum absolute atomic E-state index is 12.0. The molecule has 0 fully saturated rings. The molecule has 1 heterocycles. The first kappa shape index (κ1) is 12.4. The van der Waals surface area contributed by atoms with Crippen LogP contribution in [0, 0.1) is 10.1 Å². The first-order valence-corrected chi connectivity index (χ1v) is 5.18. The maximum atomic E-state index is 12.0. The minimum Gasteiger partial charge on any atom is -0.393 e. The lowest BCUT2D eigenvalue weighted by Gasteiger charge is -2.03. The van der Waals surface area contributed by atoms with E-state index >= 15 is 0 Å². The summed E-state index contributed by atoms with van der Waals surface area (Å²) in [4.78, 5) is 13.4. The van der Waals surface area contributed by atoms with Gasteiger partial charge in [-0.1, -0.05) is 11.3 Å². The first-order chi connectivity index (χ1) is 8.26. The van der Waals surface area contributed by atoms with E-state index in [1.807, 2.05) is 0 Å². The molecule has 1 aromatic carbocycles. The number of anilines is 1. The van der Waals surface area contributed by atoms with Crippen LogP contribution in [0.25, 0.3) is 10.2 Å². The summed E-state index contributed by atoms with van der Waals surface area (Å²) in [6.45, 7) is 0. The molecule has 0 aliphatic rings. The third-order valence-electron chi connectivity index (χ3n) is 1.92. The van der Waals surface area contributed by atoms with Gasteiger partial charge in [0.2, 0.25) is 0 Å². The zero-order valence-corrected chi connectivity index (χ0v) is 9.21. The van der Waals surface area contributed by atoms with Crippen LogP contribution in [0.4, 0.5) is 24.5 Å². The van der Waals surface area contributed by atoms with Gasteiger partial charge in [0.25, 0.3) is 10.9 Å². The van der Waals surface area contributed by atoms with Gasteiger partial charge in [0.15, 0.2) is 0 Å². The van der Waals surface area contributed by atoms with Crippen LogP contribution < -0.4 is 10.5 Å². The molecule has 0 saturated heterocycles. The number of benzene rings is 1. The zero-order chi connectivity index (χ0) is 13.5. The number of rotatable bonds is 2. The number of fused-ring (bicyclic) bond motifs is 1. The van der Waals surface area contributed by atoms with Crippen molar-refractivity contribution in [3.63, 3.8) is 0 Å². The number of hydrogen-bond acceptors (Lipinski definition) is 6. The van der Waals surface area contributed by atoms with Crippen molar-refractivity contribution in [3.05, 3.63) is 22.2 Å². The number of alkyl halides is 3. The lowest BCUT2D eigenvalue weighted by Crippen LogP contribution is -2.16. The van der Waals surface area contributed by atoms with E-state index in [4.69, 9.17) is 5.73 Å². The molecule has 0 aliphatic heterocycles. The molecule has 0 unspecified atom stereocenters. The van der Waals surface area contributed by atoms with Crippen molar-refractivity contribution in [3.8, 4) is 5.19 Å². The van der Waals surface area contributed by atoms with E-state index in [2.05, 4.69) is 9.72 Å². The second kappa shape index (κ2) is 3.98. The number of ether oxygens (including phenoxy) is 1. The molecule has 96 valence electrons. The monoisotopic (exact) mass is 279 g/mol. The van der Waals surface area contributed by atoms with Gasteiger partial charge in [-0.15, -0.1) is 13.2 Å². The average molecular weight is 279 g/mol. The molecule has 0 bridgehead atoms. The Morgan fingerprint density at radius 1 is 1.44 bits per heavy atom. The number of nitrogens with two attached hydrogens (primary N) is 1. The lowest BCUT2D eigenvalue weighted by atomic mass is 10.2. The summed E-state index contributed by atoms with van der Waals surface area (Å²) in [5, 5.41) is 9.96. The Balaban J connectivity index is 2.49. The SMILES string of the molecule is Nc1cc2nc(OC(F)(F)F)sc2cc1[N+](=O)[O-]. The molecule has 2 aromatic rings. The second-order valence-electron chi connectivity index (χ2n) is 3.16. The number of nitro benzene ring substituents is 1. The number of thiazole rings is 1. The fraction of sp³-hybridized carbons (Fsp3) is 0.125. The largest absolute Gasteiger partial charge is 0.574 e. The van der Waals surface area contributed by atoms with Gasteiger partial charge >= 0.3 is 6.36 Å². The standard InChI is InChI=1S/C8H4F3N3O3S/c9-8(10,11)17-7-13-4-1-3(12)5(14(15)16)2-6(4)18-7/h1-2H,12H2. The second-order valence-corrected chi connectivity index (χ2v) is 4.16. The summed E-state index contributed by atoms with van der Waals surface area (Å²) < 4.78 is 39.7. The normalized spacial score (nSPS) is 11.7. The average Bonchev–Trinajstić information content (AvgIpc) is 2.54. The summed E-state index contributed by atoms with van der Waals surface area (Å²) in [5.74, 6) is 0. The van der Waals surface area contributed by atoms with Gasteiger partial charge in [-0.25, -0.2) is 4.98 Å². The Hall–Kier alpha value is -2.10. The van der Waals surface area contributed by atoms with E-state index in [1.54, 1.807) is 0 Å². The molecule has 0 amide bonds. The molecule has 0 radical (unpaired) electrons. The van der Waals surface area contributed by atoms with Crippen LogP contribution in [0.15, 0.2) is 12.1 Å². The Bertz CT molecular complexity index is 625. The predicted molar refractivity (Wildman–Crippen MR) is 57.4 cm³/mol. The zero-order valence-electron chi connectivity index (χ0n) is 8.39. The number of aromatic nitrogens is 1. The van der Waals surface area contributed by atoms with Crippen molar-refractivity contribution < 1.29 is 22.8 Å². The Morgan fingerprint density at radius 2 is 2.11 bits per heavy atom. The molecular formula is C8H4F3N3O3S. The number of hydrogen-bond donors (Lipinski definition) is 1. The highest BCUT2D eigenvalue weighted by Gasteiger charge is 2.33. The van der Waals surface area contributed by atoms with E-state index in [1.165, 1.54) is 0 Å². The van der Waals surface area contributed by atoms with E-state index < -0.39 is 16.5 Å². The number of nitrogens with zero attached hydrogens (tertiary/aromatic N) is 2. The molecule has 2 rings (SSSR count). The summed E-state index contributed by atoms with van der Waals surface area (Å²) in [5.41, 5.74) is 4.94. The van der Waals surface area contributed by atoms with Crippen LogP contribution in [0.1, 0.15) is 0 Å². The number of halogens is 3. The maximum Gasteiger partial charge on any atom is 0.574 e. The van der Waals surface area contributed by atoms with Gasteiger partial charge in [0, 0.05) is 6.07 Å². The van der Waals surface area contributed by atoms with Crippen LogP contribution >= 0.6 is 11.3 Å². The highest BCUT2D eigenvalue weighted by molar-refractivity contribution is 7.20. The fourth-order valence-corrected chi connectivity index (χ4v) is 2.11. The van der Waals surface area contributed by atoms with Crippen LogP contribution in [0.5, 0.6) is 5.19 Å². The quantitative estimate of drug-likeness (QED) is 0.518. The molecule has 10 heteroatoms. The smallest absolute Gasteiger partial charge is 0.393 e. The van der Waals surface area contributed by atoms with Gasteiger partial charge in [0.05, 0.1) is 15.1 Å². The number of nitrogen functional groups attached to an aromatic ring is 1. The van der Waals surface area contributed by atoms with E-state index in [-0.39, 0.29) is 21.6 Å². The Morgan fingerprint density at radius 3 is 2.67 bits per heavy atom. The van der Waals surface area contributed by atoms with Crippen molar-refractivity contribution in [1.29, 1.82) is 0 Å². The van der Waals surface area contributed by atoms with E-state index in [0.717, 1.165) is 12.1 Å². The van der Waals surface area contributed by atoms with Gasteiger partial charge in [0.1, 0.15) is 5.69 Å². The number of nitro groups is 1. The molecule has 0 atom stereocenters. The lowest BCUT2D eigenvalue weighted by molar-refractivity contribution is -0.383. The molecule has 0 spiro atoms. The van der Waals surface area contributed by atoms with Crippen LogP contribution in [-0.4, -0.2) is 16.3 Å². The van der Waals surface area contributed by atoms with E-state index in [0.29, 0.717) is 11.3 Å². The fourth-order valence-electron chi connectivity index (χ4n) is 1.26.